The molecule has 4 nitrogen and oxygen atoms in total. The smallest absolute Gasteiger partial charge is 0.331 e. The molecule has 1 amide bonds. The minimum absolute atomic E-state index is 0.190. The molecule has 2 rings (SSSR count). The van der Waals surface area contributed by atoms with Gasteiger partial charge in [-0.05, 0) is 42.7 Å². The number of halogens is 1. The van der Waals surface area contributed by atoms with Crippen molar-refractivity contribution in [2.45, 2.75) is 19.9 Å². The molecule has 1 N–H and O–H groups in total. The number of carbonyl (C=O) groups excluding carboxylic acids is 2. The van der Waals surface area contributed by atoms with Crippen LogP contribution in [-0.2, 0) is 14.3 Å². The van der Waals surface area contributed by atoms with E-state index in [-0.39, 0.29) is 18.6 Å². The molecule has 1 atom stereocenters. The fourth-order valence-corrected chi connectivity index (χ4v) is 2.93. The molecule has 0 spiro atoms. The zero-order chi connectivity index (χ0) is 18.2. The third-order valence-electron chi connectivity index (χ3n) is 3.68. The first-order chi connectivity index (χ1) is 12.0. The summed E-state index contributed by atoms with van der Waals surface area (Å²) < 4.78 is 5.90. The lowest BCUT2D eigenvalue weighted by atomic mass is 10.1. The molecule has 2 aromatic carbocycles. The van der Waals surface area contributed by atoms with Gasteiger partial charge in [0.15, 0.2) is 6.61 Å². The lowest BCUT2D eigenvalue weighted by Crippen LogP contribution is -2.31. The van der Waals surface area contributed by atoms with Crippen molar-refractivity contribution in [3.8, 4) is 0 Å². The van der Waals surface area contributed by atoms with Crippen LogP contribution in [-0.4, -0.2) is 18.5 Å². The van der Waals surface area contributed by atoms with E-state index in [2.05, 4.69) is 21.2 Å². The van der Waals surface area contributed by atoms with Crippen molar-refractivity contribution in [2.75, 3.05) is 6.61 Å². The molecule has 0 aliphatic rings. The number of esters is 1. The zero-order valence-electron chi connectivity index (χ0n) is 14.2. The zero-order valence-corrected chi connectivity index (χ0v) is 15.7. The summed E-state index contributed by atoms with van der Waals surface area (Å²) >= 11 is 3.45. The predicted octanol–water partition coefficient (Wildman–Crippen LogP) is 4.19. The lowest BCUT2D eigenvalue weighted by molar-refractivity contribution is -0.144. The van der Waals surface area contributed by atoms with Crippen molar-refractivity contribution in [3.63, 3.8) is 0 Å². The summed E-state index contributed by atoms with van der Waals surface area (Å²) in [6.45, 7) is 3.52. The van der Waals surface area contributed by atoms with Crippen molar-refractivity contribution >= 4 is 33.9 Å². The summed E-state index contributed by atoms with van der Waals surface area (Å²) in [5, 5.41) is 2.81. The molecule has 130 valence electrons. The number of hydrogen-bond acceptors (Lipinski definition) is 3. The van der Waals surface area contributed by atoms with Gasteiger partial charge < -0.3 is 10.1 Å². The summed E-state index contributed by atoms with van der Waals surface area (Å²) in [6, 6.07) is 15.1. The fraction of sp³-hybridized carbons (Fsp3) is 0.200. The molecular formula is C20H20BrNO3. The molecule has 0 bridgehead atoms. The highest BCUT2D eigenvalue weighted by Crippen LogP contribution is 2.22. The molecule has 0 saturated carbocycles. The van der Waals surface area contributed by atoms with Crippen LogP contribution >= 0.6 is 15.9 Å². The maximum absolute atomic E-state index is 11.9. The minimum Gasteiger partial charge on any atom is -0.452 e. The number of nitrogens with one attached hydrogen (secondary N) is 1. The lowest BCUT2D eigenvalue weighted by Gasteiger charge is -2.15. The molecule has 0 aromatic heterocycles. The Bertz CT molecular complexity index is 786. The molecule has 0 saturated heterocycles. The van der Waals surface area contributed by atoms with E-state index in [1.165, 1.54) is 6.08 Å². The molecule has 0 fully saturated rings. The molecular weight excluding hydrogens is 382 g/mol. The summed E-state index contributed by atoms with van der Waals surface area (Å²) in [4.78, 5) is 23.7. The normalized spacial score (nSPS) is 12.0. The minimum atomic E-state index is -0.549. The first-order valence-corrected chi connectivity index (χ1v) is 8.71. The van der Waals surface area contributed by atoms with Gasteiger partial charge in [-0.1, -0.05) is 58.4 Å². The van der Waals surface area contributed by atoms with Gasteiger partial charge in [-0.2, -0.15) is 0 Å². The van der Waals surface area contributed by atoms with Gasteiger partial charge in [-0.15, -0.1) is 0 Å². The van der Waals surface area contributed by atoms with Crippen LogP contribution in [0.4, 0.5) is 0 Å². The molecule has 0 aliphatic heterocycles. The molecule has 0 aliphatic carbocycles. The summed E-state index contributed by atoms with van der Waals surface area (Å²) in [5.41, 5.74) is 2.96. The van der Waals surface area contributed by atoms with Gasteiger partial charge >= 0.3 is 5.97 Å². The van der Waals surface area contributed by atoms with Crippen molar-refractivity contribution < 1.29 is 14.3 Å². The largest absolute Gasteiger partial charge is 0.452 e. The Morgan fingerprint density at radius 1 is 1.16 bits per heavy atom. The van der Waals surface area contributed by atoms with Gasteiger partial charge in [0.25, 0.3) is 5.91 Å². The van der Waals surface area contributed by atoms with E-state index in [9.17, 15) is 9.59 Å². The number of benzene rings is 2. The Labute approximate surface area is 156 Å². The van der Waals surface area contributed by atoms with Crippen LogP contribution in [0.3, 0.4) is 0 Å². The average molecular weight is 402 g/mol. The second-order valence-electron chi connectivity index (χ2n) is 5.61. The van der Waals surface area contributed by atoms with Gasteiger partial charge in [0.1, 0.15) is 0 Å². The quantitative estimate of drug-likeness (QED) is 0.582. The van der Waals surface area contributed by atoms with Gasteiger partial charge in [-0.3, -0.25) is 4.79 Å². The molecule has 5 heteroatoms. The molecule has 0 heterocycles. The van der Waals surface area contributed by atoms with Gasteiger partial charge in [-0.25, -0.2) is 4.79 Å². The first-order valence-electron chi connectivity index (χ1n) is 7.91. The number of hydrogen-bond donors (Lipinski definition) is 1. The number of carbonyl (C=O) groups is 2. The highest BCUT2D eigenvalue weighted by atomic mass is 79.9. The summed E-state index contributed by atoms with van der Waals surface area (Å²) in [7, 11) is 0. The maximum Gasteiger partial charge on any atom is 0.331 e. The number of ether oxygens (including phenoxy) is 1. The number of amides is 1. The van der Waals surface area contributed by atoms with Crippen LogP contribution in [0, 0.1) is 6.92 Å². The van der Waals surface area contributed by atoms with Gasteiger partial charge in [0, 0.05) is 10.5 Å². The molecule has 0 unspecified atom stereocenters. The van der Waals surface area contributed by atoms with Gasteiger partial charge in [0.2, 0.25) is 0 Å². The van der Waals surface area contributed by atoms with Crippen LogP contribution in [0.2, 0.25) is 0 Å². The highest BCUT2D eigenvalue weighted by Gasteiger charge is 2.13. The Morgan fingerprint density at radius 3 is 2.56 bits per heavy atom. The van der Waals surface area contributed by atoms with E-state index in [0.717, 1.165) is 21.2 Å². The van der Waals surface area contributed by atoms with E-state index in [0.29, 0.717) is 0 Å². The second-order valence-corrected chi connectivity index (χ2v) is 6.46. The van der Waals surface area contributed by atoms with Crippen LogP contribution < -0.4 is 5.32 Å². The van der Waals surface area contributed by atoms with E-state index in [1.807, 2.05) is 62.4 Å². The third-order valence-corrected chi connectivity index (χ3v) is 4.40. The standard InChI is InChI=1S/C20H20BrNO3/c1-14-7-3-4-8-16(14)11-12-20(24)25-13-19(23)22-15(2)17-9-5-6-10-18(17)21/h3-12,15H,13H2,1-2H3,(H,22,23)/b12-11+/t15-/m0/s1. The average Bonchev–Trinajstić information content (AvgIpc) is 2.59. The maximum atomic E-state index is 11.9. The SMILES string of the molecule is Cc1ccccc1/C=C/C(=O)OCC(=O)N[C@@H](C)c1ccccc1Br. The first kappa shape index (κ1) is 18.9. The second kappa shape index (κ2) is 9.18. The van der Waals surface area contributed by atoms with Crippen LogP contribution in [0.5, 0.6) is 0 Å². The molecule has 2 aromatic rings. The van der Waals surface area contributed by atoms with Crippen LogP contribution in [0.15, 0.2) is 59.1 Å². The number of rotatable bonds is 6. The van der Waals surface area contributed by atoms with E-state index in [1.54, 1.807) is 6.08 Å². The summed E-state index contributed by atoms with van der Waals surface area (Å²) in [6.07, 6.45) is 3.01. The van der Waals surface area contributed by atoms with Crippen molar-refractivity contribution in [3.05, 3.63) is 75.8 Å². The van der Waals surface area contributed by atoms with Crippen LogP contribution in [0.1, 0.15) is 29.7 Å². The third kappa shape index (κ3) is 5.87. The van der Waals surface area contributed by atoms with E-state index in [4.69, 9.17) is 4.74 Å². The summed E-state index contributed by atoms with van der Waals surface area (Å²) in [5.74, 6) is -0.896. The predicted molar refractivity (Wildman–Crippen MR) is 102 cm³/mol. The monoisotopic (exact) mass is 401 g/mol. The van der Waals surface area contributed by atoms with Crippen molar-refractivity contribution in [2.24, 2.45) is 0 Å². The molecule has 0 radical (unpaired) electrons. The molecule has 25 heavy (non-hydrogen) atoms. The Balaban J connectivity index is 1.82. The van der Waals surface area contributed by atoms with E-state index >= 15 is 0 Å². The van der Waals surface area contributed by atoms with Crippen molar-refractivity contribution in [1.29, 1.82) is 0 Å². The van der Waals surface area contributed by atoms with Gasteiger partial charge in [0.05, 0.1) is 6.04 Å². The van der Waals surface area contributed by atoms with Crippen molar-refractivity contribution in [1.82, 2.24) is 5.32 Å². The Hall–Kier alpha value is -2.40. The highest BCUT2D eigenvalue weighted by molar-refractivity contribution is 9.10. The van der Waals surface area contributed by atoms with Crippen LogP contribution in [0.25, 0.3) is 6.08 Å². The fourth-order valence-electron chi connectivity index (χ4n) is 2.30. The Morgan fingerprint density at radius 2 is 1.84 bits per heavy atom. The van der Waals surface area contributed by atoms with E-state index < -0.39 is 5.97 Å². The Kier molecular flexibility index (Phi) is 6.95. The number of aryl methyl sites for hydroxylation is 1. The topological polar surface area (TPSA) is 55.4 Å².